The van der Waals surface area contributed by atoms with E-state index in [0.29, 0.717) is 18.0 Å². The highest BCUT2D eigenvalue weighted by atomic mass is 32.2. The van der Waals surface area contributed by atoms with Gasteiger partial charge in [-0.05, 0) is 45.2 Å². The molecule has 1 N–H and O–H groups in total. The maximum absolute atomic E-state index is 13.1. The number of rotatable bonds is 7. The largest absolute Gasteiger partial charge is 0.312 e. The summed E-state index contributed by atoms with van der Waals surface area (Å²) in [5.74, 6) is 0. The highest BCUT2D eigenvalue weighted by molar-refractivity contribution is 7.89. The number of aryl methyl sites for hydroxylation is 1. The van der Waals surface area contributed by atoms with Crippen molar-refractivity contribution in [1.29, 1.82) is 0 Å². The zero-order valence-electron chi connectivity index (χ0n) is 13.6. The highest BCUT2D eigenvalue weighted by Crippen LogP contribution is 2.32. The summed E-state index contributed by atoms with van der Waals surface area (Å²) in [5.41, 5.74) is 0.322. The van der Waals surface area contributed by atoms with Gasteiger partial charge in [0, 0.05) is 23.5 Å². The van der Waals surface area contributed by atoms with Crippen molar-refractivity contribution in [3.63, 3.8) is 0 Å². The van der Waals surface area contributed by atoms with Crippen molar-refractivity contribution >= 4 is 21.4 Å². The molecule has 0 aromatic carbocycles. The van der Waals surface area contributed by atoms with Crippen LogP contribution in [0.3, 0.4) is 0 Å². The first-order valence-electron chi connectivity index (χ1n) is 7.07. The van der Waals surface area contributed by atoms with Crippen LogP contribution in [0.1, 0.15) is 38.1 Å². The number of hydrogen-bond acceptors (Lipinski definition) is 4. The molecule has 1 aromatic rings. The van der Waals surface area contributed by atoms with E-state index in [2.05, 4.69) is 11.9 Å². The predicted molar refractivity (Wildman–Crippen MR) is 90.3 cm³/mol. The Labute approximate surface area is 132 Å². The zero-order chi connectivity index (χ0) is 16.3. The molecule has 0 atom stereocenters. The van der Waals surface area contributed by atoms with Gasteiger partial charge in [-0.25, -0.2) is 8.42 Å². The van der Waals surface area contributed by atoms with Gasteiger partial charge in [-0.15, -0.1) is 17.9 Å². The van der Waals surface area contributed by atoms with Crippen LogP contribution in [0.5, 0.6) is 0 Å². The molecule has 4 nitrogen and oxygen atoms in total. The first kappa shape index (κ1) is 18.4. The average molecular weight is 331 g/mol. The molecule has 1 aromatic heterocycles. The second-order valence-corrected chi connectivity index (χ2v) is 8.71. The first-order valence-corrected chi connectivity index (χ1v) is 9.39. The number of sulfonamides is 1. The van der Waals surface area contributed by atoms with Gasteiger partial charge in [0.05, 0.1) is 0 Å². The summed E-state index contributed by atoms with van der Waals surface area (Å²) >= 11 is 1.49. The van der Waals surface area contributed by atoms with Gasteiger partial charge >= 0.3 is 0 Å². The minimum Gasteiger partial charge on any atom is -0.312 e. The lowest BCUT2D eigenvalue weighted by molar-refractivity contribution is 0.269. The Balaban J connectivity index is 3.34. The minimum absolute atomic E-state index is 0.307. The number of thiophene rings is 1. The molecule has 0 unspecified atom stereocenters. The van der Waals surface area contributed by atoms with Gasteiger partial charge in [-0.3, -0.25) is 0 Å². The van der Waals surface area contributed by atoms with Crippen LogP contribution in [0.4, 0.5) is 0 Å². The molecule has 0 bridgehead atoms. The molecule has 1 heterocycles. The van der Waals surface area contributed by atoms with Gasteiger partial charge in [0.25, 0.3) is 0 Å². The molecule has 0 aliphatic rings. The Morgan fingerprint density at radius 3 is 2.52 bits per heavy atom. The molecule has 21 heavy (non-hydrogen) atoms. The van der Waals surface area contributed by atoms with E-state index in [0.717, 1.165) is 17.0 Å². The molecule has 0 fully saturated rings. The van der Waals surface area contributed by atoms with E-state index >= 15 is 0 Å². The Bertz CT molecular complexity index is 583. The van der Waals surface area contributed by atoms with Gasteiger partial charge in [0.2, 0.25) is 10.0 Å². The van der Waals surface area contributed by atoms with Gasteiger partial charge in [-0.2, -0.15) is 4.31 Å². The standard InChI is InChI=1S/C15H26N2O2S2/c1-7-9-17(15(4,5)6)21(18,19)14-12(3)11-20-13(14)10-16-8-2/h7,11,16H,1,8-10H2,2-6H3. The summed E-state index contributed by atoms with van der Waals surface area (Å²) in [5, 5.41) is 5.12. The Hall–Kier alpha value is -0.690. The Morgan fingerprint density at radius 1 is 1.43 bits per heavy atom. The van der Waals surface area contributed by atoms with Crippen LogP contribution in [0.2, 0.25) is 0 Å². The lowest BCUT2D eigenvalue weighted by Gasteiger charge is -2.34. The fourth-order valence-electron chi connectivity index (χ4n) is 2.15. The summed E-state index contributed by atoms with van der Waals surface area (Å²) in [6.07, 6.45) is 1.63. The second kappa shape index (κ2) is 7.05. The number of nitrogens with one attached hydrogen (secondary N) is 1. The molecule has 0 saturated carbocycles. The molecule has 0 aliphatic heterocycles. The summed E-state index contributed by atoms with van der Waals surface area (Å²) in [7, 11) is -3.54. The smallest absolute Gasteiger partial charge is 0.245 e. The molecule has 0 amide bonds. The van der Waals surface area contributed by atoms with Crippen LogP contribution in [0.25, 0.3) is 0 Å². The quantitative estimate of drug-likeness (QED) is 0.781. The van der Waals surface area contributed by atoms with Crippen LogP contribution >= 0.6 is 11.3 Å². The normalized spacial score (nSPS) is 12.9. The predicted octanol–water partition coefficient (Wildman–Crippen LogP) is 3.14. The van der Waals surface area contributed by atoms with Crippen molar-refractivity contribution in [2.24, 2.45) is 0 Å². The number of hydrogen-bond donors (Lipinski definition) is 1. The fourth-order valence-corrected chi connectivity index (χ4v) is 5.65. The number of nitrogens with zero attached hydrogens (tertiary/aromatic N) is 1. The van der Waals surface area contributed by atoms with Gasteiger partial charge in [0.15, 0.2) is 0 Å². The van der Waals surface area contributed by atoms with Crippen LogP contribution in [-0.4, -0.2) is 31.4 Å². The van der Waals surface area contributed by atoms with Gasteiger partial charge in [0.1, 0.15) is 4.90 Å². The molecule has 120 valence electrons. The second-order valence-electron chi connectivity index (χ2n) is 5.95. The van der Waals surface area contributed by atoms with Crippen molar-refractivity contribution in [3.8, 4) is 0 Å². The van der Waals surface area contributed by atoms with Crippen molar-refractivity contribution in [3.05, 3.63) is 28.5 Å². The molecule has 0 saturated heterocycles. The molecule has 0 spiro atoms. The van der Waals surface area contributed by atoms with E-state index in [-0.39, 0.29) is 0 Å². The van der Waals surface area contributed by atoms with Crippen LogP contribution in [0.15, 0.2) is 22.9 Å². The molecular weight excluding hydrogens is 304 g/mol. The molecule has 0 aliphatic carbocycles. The van der Waals surface area contributed by atoms with E-state index in [1.807, 2.05) is 40.0 Å². The van der Waals surface area contributed by atoms with Gasteiger partial charge in [-0.1, -0.05) is 13.0 Å². The van der Waals surface area contributed by atoms with E-state index in [1.54, 1.807) is 6.08 Å². The van der Waals surface area contributed by atoms with Crippen LogP contribution < -0.4 is 5.32 Å². The average Bonchev–Trinajstić information content (AvgIpc) is 2.73. The summed E-state index contributed by atoms with van der Waals surface area (Å²) in [6.45, 7) is 15.0. The highest BCUT2D eigenvalue weighted by Gasteiger charge is 2.36. The first-order chi connectivity index (χ1) is 9.66. The summed E-state index contributed by atoms with van der Waals surface area (Å²) < 4.78 is 27.7. The van der Waals surface area contributed by atoms with Crippen LogP contribution in [0, 0.1) is 6.92 Å². The molecule has 1 rings (SSSR count). The molecule has 6 heteroatoms. The fraction of sp³-hybridized carbons (Fsp3) is 0.600. The third-order valence-electron chi connectivity index (χ3n) is 3.12. The van der Waals surface area contributed by atoms with E-state index in [4.69, 9.17) is 0 Å². The lowest BCUT2D eigenvalue weighted by Crippen LogP contribution is -2.45. The van der Waals surface area contributed by atoms with E-state index < -0.39 is 15.6 Å². The summed E-state index contributed by atoms with van der Waals surface area (Å²) in [4.78, 5) is 1.32. The van der Waals surface area contributed by atoms with Crippen LogP contribution in [-0.2, 0) is 16.6 Å². The van der Waals surface area contributed by atoms with Crippen molar-refractivity contribution in [1.82, 2.24) is 9.62 Å². The Morgan fingerprint density at radius 2 is 2.05 bits per heavy atom. The van der Waals surface area contributed by atoms with Crippen molar-refractivity contribution < 1.29 is 8.42 Å². The van der Waals surface area contributed by atoms with E-state index in [9.17, 15) is 8.42 Å². The topological polar surface area (TPSA) is 49.4 Å². The van der Waals surface area contributed by atoms with Crippen molar-refractivity contribution in [2.75, 3.05) is 13.1 Å². The zero-order valence-corrected chi connectivity index (χ0v) is 15.2. The SMILES string of the molecule is C=CCN(C(C)(C)C)S(=O)(=O)c1c(C)csc1CNCC. The van der Waals surface area contributed by atoms with Crippen molar-refractivity contribution in [2.45, 2.75) is 51.6 Å². The lowest BCUT2D eigenvalue weighted by atomic mass is 10.1. The van der Waals surface area contributed by atoms with Gasteiger partial charge < -0.3 is 5.32 Å². The summed E-state index contributed by atoms with van der Waals surface area (Å²) in [6, 6.07) is 0. The molecular formula is C15H26N2O2S2. The molecule has 0 radical (unpaired) electrons. The third kappa shape index (κ3) is 4.16. The Kier molecular flexibility index (Phi) is 6.16. The maximum Gasteiger partial charge on any atom is 0.245 e. The minimum atomic E-state index is -3.54. The third-order valence-corrected chi connectivity index (χ3v) is 6.71. The maximum atomic E-state index is 13.1. The van der Waals surface area contributed by atoms with E-state index in [1.165, 1.54) is 15.6 Å². The monoisotopic (exact) mass is 330 g/mol.